The third kappa shape index (κ3) is 5.85. The van der Waals surface area contributed by atoms with Gasteiger partial charge >= 0.3 is 6.03 Å². The van der Waals surface area contributed by atoms with Crippen molar-refractivity contribution in [3.8, 4) is 0 Å². The minimum atomic E-state index is -0.804. The predicted octanol–water partition coefficient (Wildman–Crippen LogP) is 3.19. The summed E-state index contributed by atoms with van der Waals surface area (Å²) in [6.07, 6.45) is 3.45. The maximum absolute atomic E-state index is 13.1. The second-order valence-corrected chi connectivity index (χ2v) is 9.56. The average Bonchev–Trinajstić information content (AvgIpc) is 2.71. The van der Waals surface area contributed by atoms with Crippen LogP contribution in [0.5, 0.6) is 0 Å². The Morgan fingerprint density at radius 2 is 1.94 bits per heavy atom. The standard InChI is InChI=1S/C22H29Cl2N3O5/c23-17-6-4-14(8-18(17)24)26-22(30)27-10-15(28)11-31-12-20-19(27)7-5-16(32-20)9-21(29)25-13-2-1-3-13/h4,6,8,13,15-16,19-20,28H,1-3,5,7,9-12H2,(H,25,29)(H,26,30)/t15-,16+,19-,20+/m1/s1. The van der Waals surface area contributed by atoms with Gasteiger partial charge in [-0.15, -0.1) is 0 Å². The van der Waals surface area contributed by atoms with Gasteiger partial charge in [0.05, 0.1) is 54.5 Å². The molecule has 1 aliphatic carbocycles. The number of ether oxygens (including phenoxy) is 2. The van der Waals surface area contributed by atoms with Gasteiger partial charge in [-0.05, 0) is 50.3 Å². The van der Waals surface area contributed by atoms with Gasteiger partial charge in [0.25, 0.3) is 0 Å². The predicted molar refractivity (Wildman–Crippen MR) is 121 cm³/mol. The lowest BCUT2D eigenvalue weighted by Crippen LogP contribution is -2.58. The summed E-state index contributed by atoms with van der Waals surface area (Å²) in [6.45, 7) is 0.472. The number of benzene rings is 1. The lowest BCUT2D eigenvalue weighted by Gasteiger charge is -2.44. The summed E-state index contributed by atoms with van der Waals surface area (Å²) in [4.78, 5) is 27.0. The van der Waals surface area contributed by atoms with E-state index in [4.69, 9.17) is 32.7 Å². The molecule has 8 nitrogen and oxygen atoms in total. The van der Waals surface area contributed by atoms with Crippen LogP contribution in [0.2, 0.25) is 10.0 Å². The quantitative estimate of drug-likeness (QED) is 0.607. The van der Waals surface area contributed by atoms with E-state index >= 15 is 0 Å². The number of urea groups is 1. The van der Waals surface area contributed by atoms with Crippen LogP contribution in [0.1, 0.15) is 38.5 Å². The summed E-state index contributed by atoms with van der Waals surface area (Å²) < 4.78 is 11.8. The van der Waals surface area contributed by atoms with Gasteiger partial charge in [0.15, 0.2) is 0 Å². The van der Waals surface area contributed by atoms with E-state index in [9.17, 15) is 14.7 Å². The largest absolute Gasteiger partial charge is 0.389 e. The first-order chi connectivity index (χ1) is 15.4. The highest BCUT2D eigenvalue weighted by atomic mass is 35.5. The molecule has 0 bridgehead atoms. The summed E-state index contributed by atoms with van der Waals surface area (Å²) in [5.74, 6) is 0.00884. The van der Waals surface area contributed by atoms with Crippen molar-refractivity contribution in [2.45, 2.75) is 68.9 Å². The number of carbonyl (C=O) groups is 2. The average molecular weight is 486 g/mol. The summed E-state index contributed by atoms with van der Waals surface area (Å²) in [5, 5.41) is 16.9. The molecule has 4 rings (SSSR count). The van der Waals surface area contributed by atoms with Gasteiger partial charge in [-0.25, -0.2) is 4.79 Å². The third-order valence-electron chi connectivity index (χ3n) is 6.30. The molecule has 2 heterocycles. The van der Waals surface area contributed by atoms with Crippen LogP contribution in [0.3, 0.4) is 0 Å². The zero-order valence-electron chi connectivity index (χ0n) is 17.8. The number of halogens is 2. The van der Waals surface area contributed by atoms with Crippen LogP contribution in [0.15, 0.2) is 18.2 Å². The zero-order chi connectivity index (χ0) is 22.7. The van der Waals surface area contributed by atoms with Crippen molar-refractivity contribution in [1.82, 2.24) is 10.2 Å². The Hall–Kier alpha value is -1.58. The molecular weight excluding hydrogens is 457 g/mol. The van der Waals surface area contributed by atoms with Crippen molar-refractivity contribution in [3.05, 3.63) is 28.2 Å². The first-order valence-corrected chi connectivity index (χ1v) is 11.9. The fourth-order valence-electron chi connectivity index (χ4n) is 4.39. The molecule has 32 heavy (non-hydrogen) atoms. The van der Waals surface area contributed by atoms with Crippen LogP contribution >= 0.6 is 23.2 Å². The number of aliphatic hydroxyl groups excluding tert-OH is 1. The minimum Gasteiger partial charge on any atom is -0.389 e. The SMILES string of the molecule is O=C(C[C@@H]1CC[C@@H]2[C@H](COC[C@H](O)CN2C(=O)Nc2ccc(Cl)c(Cl)c2)O1)NC1CCC1. The van der Waals surface area contributed by atoms with Gasteiger partial charge in [-0.2, -0.15) is 0 Å². The van der Waals surface area contributed by atoms with Gasteiger partial charge in [-0.3, -0.25) is 4.79 Å². The molecule has 3 amide bonds. The number of nitrogens with zero attached hydrogens (tertiary/aromatic N) is 1. The van der Waals surface area contributed by atoms with Crippen molar-refractivity contribution < 1.29 is 24.2 Å². The maximum atomic E-state index is 13.1. The molecule has 0 unspecified atom stereocenters. The first kappa shape index (κ1) is 23.6. The van der Waals surface area contributed by atoms with Crippen LogP contribution in [-0.2, 0) is 14.3 Å². The summed E-state index contributed by atoms with van der Waals surface area (Å²) in [5.41, 5.74) is 0.510. The lowest BCUT2D eigenvalue weighted by molar-refractivity contribution is -0.150. The normalized spacial score (nSPS) is 28.7. The third-order valence-corrected chi connectivity index (χ3v) is 7.04. The Labute approximate surface area is 197 Å². The summed E-state index contributed by atoms with van der Waals surface area (Å²) >= 11 is 12.0. The van der Waals surface area contributed by atoms with Gasteiger partial charge in [0.2, 0.25) is 5.91 Å². The van der Waals surface area contributed by atoms with Crippen molar-refractivity contribution in [1.29, 1.82) is 0 Å². The number of amides is 3. The zero-order valence-corrected chi connectivity index (χ0v) is 19.3. The minimum absolute atomic E-state index is 0.00884. The first-order valence-electron chi connectivity index (χ1n) is 11.1. The number of aliphatic hydroxyl groups is 1. The highest BCUT2D eigenvalue weighted by Crippen LogP contribution is 2.30. The Morgan fingerprint density at radius 1 is 1.12 bits per heavy atom. The molecule has 10 heteroatoms. The molecule has 1 aromatic rings. The summed E-state index contributed by atoms with van der Waals surface area (Å²) in [6, 6.07) is 4.52. The second-order valence-electron chi connectivity index (χ2n) is 8.74. The number of hydrogen-bond donors (Lipinski definition) is 3. The number of hydrogen-bond acceptors (Lipinski definition) is 5. The van der Waals surface area contributed by atoms with Crippen LogP contribution in [0, 0.1) is 0 Å². The van der Waals surface area contributed by atoms with Crippen LogP contribution < -0.4 is 10.6 Å². The second kappa shape index (κ2) is 10.6. The topological polar surface area (TPSA) is 100 Å². The monoisotopic (exact) mass is 485 g/mol. The van der Waals surface area contributed by atoms with E-state index in [0.717, 1.165) is 19.3 Å². The van der Waals surface area contributed by atoms with E-state index in [1.807, 2.05) is 0 Å². The lowest BCUT2D eigenvalue weighted by atomic mass is 9.92. The van der Waals surface area contributed by atoms with Crippen molar-refractivity contribution in [3.63, 3.8) is 0 Å². The maximum Gasteiger partial charge on any atom is 0.322 e. The molecule has 1 aromatic carbocycles. The molecule has 3 N–H and O–H groups in total. The van der Waals surface area contributed by atoms with Gasteiger partial charge in [0, 0.05) is 11.7 Å². The molecule has 4 atom stereocenters. The van der Waals surface area contributed by atoms with E-state index in [1.165, 1.54) is 0 Å². The number of nitrogens with one attached hydrogen (secondary N) is 2. The molecule has 2 aliphatic heterocycles. The number of β-amino-alcohol motifs (C(OH)–C–C–N with tert-alkyl or cyclic N) is 1. The molecule has 1 saturated carbocycles. The molecule has 3 aliphatic rings. The van der Waals surface area contributed by atoms with Crippen LogP contribution in [-0.4, -0.2) is 72.1 Å². The number of fused-ring (bicyclic) bond motifs is 1. The molecule has 0 spiro atoms. The van der Waals surface area contributed by atoms with Crippen LogP contribution in [0.4, 0.5) is 10.5 Å². The fraction of sp³-hybridized carbons (Fsp3) is 0.636. The van der Waals surface area contributed by atoms with Gasteiger partial charge < -0.3 is 30.1 Å². The molecule has 3 fully saturated rings. The Bertz CT molecular complexity index is 838. The molecule has 0 radical (unpaired) electrons. The van der Waals surface area contributed by atoms with E-state index in [-0.39, 0.29) is 49.9 Å². The highest BCUT2D eigenvalue weighted by molar-refractivity contribution is 6.42. The Morgan fingerprint density at radius 3 is 2.66 bits per heavy atom. The van der Waals surface area contributed by atoms with Crippen molar-refractivity contribution in [2.75, 3.05) is 25.1 Å². The van der Waals surface area contributed by atoms with Gasteiger partial charge in [0.1, 0.15) is 6.10 Å². The molecule has 0 aromatic heterocycles. The Kier molecular flexibility index (Phi) is 7.78. The molecular formula is C22H29Cl2N3O5. The number of carbonyl (C=O) groups excluding carboxylic acids is 2. The van der Waals surface area contributed by atoms with Crippen molar-refractivity contribution in [2.24, 2.45) is 0 Å². The van der Waals surface area contributed by atoms with E-state index in [0.29, 0.717) is 41.0 Å². The molecule has 176 valence electrons. The number of rotatable bonds is 4. The van der Waals surface area contributed by atoms with Crippen LogP contribution in [0.25, 0.3) is 0 Å². The van der Waals surface area contributed by atoms with E-state index in [1.54, 1.807) is 23.1 Å². The fourth-order valence-corrected chi connectivity index (χ4v) is 4.69. The van der Waals surface area contributed by atoms with E-state index in [2.05, 4.69) is 10.6 Å². The smallest absolute Gasteiger partial charge is 0.322 e. The van der Waals surface area contributed by atoms with Crippen molar-refractivity contribution >= 4 is 40.8 Å². The summed E-state index contributed by atoms with van der Waals surface area (Å²) in [7, 11) is 0. The highest BCUT2D eigenvalue weighted by Gasteiger charge is 2.40. The Balaban J connectivity index is 1.40. The molecule has 2 saturated heterocycles. The van der Waals surface area contributed by atoms with E-state index < -0.39 is 6.10 Å². The number of anilines is 1. The van der Waals surface area contributed by atoms with Gasteiger partial charge in [-0.1, -0.05) is 23.2 Å².